The molecule has 0 atom stereocenters. The van der Waals surface area contributed by atoms with E-state index in [1.54, 1.807) is 6.07 Å². The van der Waals surface area contributed by atoms with E-state index in [0.29, 0.717) is 33.7 Å². The molecule has 1 aromatic carbocycles. The summed E-state index contributed by atoms with van der Waals surface area (Å²) in [5.41, 5.74) is 1.48. The van der Waals surface area contributed by atoms with Gasteiger partial charge in [0.15, 0.2) is 0 Å². The minimum atomic E-state index is -0.313. The zero-order chi connectivity index (χ0) is 13.8. The van der Waals surface area contributed by atoms with Crippen LogP contribution in [0.2, 0.25) is 10.0 Å². The Morgan fingerprint density at radius 3 is 2.79 bits per heavy atom. The molecule has 0 saturated carbocycles. The summed E-state index contributed by atoms with van der Waals surface area (Å²) in [6, 6.07) is 1.24. The molecule has 8 heteroatoms. The molecule has 0 bridgehead atoms. The molecule has 2 N–H and O–H groups in total. The number of nitrogens with one attached hydrogen (secondary N) is 2. The van der Waals surface area contributed by atoms with Gasteiger partial charge in [-0.2, -0.15) is 8.73 Å². The number of carbonyl (C=O) groups excluding carboxylic acids is 1. The molecule has 5 nitrogen and oxygen atoms in total. The van der Waals surface area contributed by atoms with Gasteiger partial charge in [-0.05, 0) is 12.5 Å². The molecule has 0 radical (unpaired) electrons. The van der Waals surface area contributed by atoms with Crippen LogP contribution >= 0.6 is 23.2 Å². The Morgan fingerprint density at radius 2 is 2.05 bits per heavy atom. The molecule has 1 heterocycles. The molecule has 0 spiro atoms. The van der Waals surface area contributed by atoms with Gasteiger partial charge in [-0.1, -0.05) is 36.5 Å². The van der Waals surface area contributed by atoms with E-state index in [-0.39, 0.29) is 6.03 Å². The molecule has 0 fully saturated rings. The lowest BCUT2D eigenvalue weighted by Gasteiger charge is -2.11. The molecule has 0 aromatic heterocycles. The fraction of sp³-hybridized carbons (Fsp3) is 0.364. The van der Waals surface area contributed by atoms with Crippen molar-refractivity contribution in [3.05, 3.63) is 16.1 Å². The second kappa shape index (κ2) is 6.36. The Labute approximate surface area is 124 Å². The highest BCUT2D eigenvalue weighted by Crippen LogP contribution is 2.47. The van der Waals surface area contributed by atoms with Gasteiger partial charge >= 0.3 is 6.03 Å². The largest absolute Gasteiger partial charge is 0.338 e. The van der Waals surface area contributed by atoms with Crippen molar-refractivity contribution in [3.8, 4) is 0 Å². The van der Waals surface area contributed by atoms with Crippen molar-refractivity contribution in [2.45, 2.75) is 19.8 Å². The number of urea groups is 1. The fourth-order valence-corrected chi connectivity index (χ4v) is 2.69. The highest BCUT2D eigenvalue weighted by atomic mass is 35.5. The van der Waals surface area contributed by atoms with Crippen molar-refractivity contribution in [2.75, 3.05) is 11.9 Å². The van der Waals surface area contributed by atoms with Crippen molar-refractivity contribution in [3.63, 3.8) is 0 Å². The molecule has 1 aromatic rings. The van der Waals surface area contributed by atoms with Crippen LogP contribution in [-0.2, 0) is 11.4 Å². The number of nitrogens with zero attached hydrogens (tertiary/aromatic N) is 2. The number of unbranched alkanes of at least 4 members (excludes halogenated alkanes) is 1. The Balaban J connectivity index is 2.16. The van der Waals surface area contributed by atoms with E-state index in [2.05, 4.69) is 26.3 Å². The van der Waals surface area contributed by atoms with Gasteiger partial charge in [-0.15, -0.1) is 0 Å². The van der Waals surface area contributed by atoms with Gasteiger partial charge in [-0.3, -0.25) is 0 Å². The molecular weight excluding hydrogens is 307 g/mol. The number of halogens is 2. The third-order valence-corrected chi connectivity index (χ3v) is 3.61. The fourth-order valence-electron chi connectivity index (χ4n) is 1.53. The highest BCUT2D eigenvalue weighted by molar-refractivity contribution is 7.58. The molecule has 2 amide bonds. The van der Waals surface area contributed by atoms with Crippen molar-refractivity contribution in [1.82, 2.24) is 5.32 Å². The topological polar surface area (TPSA) is 65.8 Å². The van der Waals surface area contributed by atoms with Crippen molar-refractivity contribution in [2.24, 2.45) is 8.73 Å². The Hall–Kier alpha value is -1.11. The number of anilines is 1. The van der Waals surface area contributed by atoms with Crippen LogP contribution in [0.5, 0.6) is 0 Å². The van der Waals surface area contributed by atoms with E-state index >= 15 is 0 Å². The standard InChI is InChI=1S/C11H12Cl2N4OS/c1-2-3-4-14-11(18)15-8-6(12)5-7(13)9-10(8)17-19-16-9/h5H,2-4H2,1H3,(H2,14,15,18). The summed E-state index contributed by atoms with van der Waals surface area (Å²) >= 11 is 13.1. The lowest BCUT2D eigenvalue weighted by Crippen LogP contribution is -2.29. The number of benzene rings is 1. The van der Waals surface area contributed by atoms with Crippen molar-refractivity contribution < 1.29 is 4.79 Å². The molecule has 19 heavy (non-hydrogen) atoms. The maximum Gasteiger partial charge on any atom is 0.319 e. The SMILES string of the molecule is CCCCNC(=O)Nc1c(Cl)cc(Cl)c2c1N=S=N2. The Kier molecular flexibility index (Phi) is 4.79. The lowest BCUT2D eigenvalue weighted by molar-refractivity contribution is 0.252. The van der Waals surface area contributed by atoms with Gasteiger partial charge in [0.05, 0.1) is 27.1 Å². The average molecular weight is 319 g/mol. The first-order valence-electron chi connectivity index (χ1n) is 5.78. The second-order valence-corrected chi connectivity index (χ2v) is 5.25. The predicted octanol–water partition coefficient (Wildman–Crippen LogP) is 4.64. The minimum Gasteiger partial charge on any atom is -0.338 e. The average Bonchev–Trinajstić information content (AvgIpc) is 2.84. The molecule has 0 saturated heterocycles. The molecular formula is C11H12Cl2N4OS. The van der Waals surface area contributed by atoms with Crippen LogP contribution in [0.1, 0.15) is 19.8 Å². The predicted molar refractivity (Wildman–Crippen MR) is 79.9 cm³/mol. The number of amides is 2. The summed E-state index contributed by atoms with van der Waals surface area (Å²) in [5.74, 6) is 0. The minimum absolute atomic E-state index is 0.313. The number of hydrogen-bond acceptors (Lipinski definition) is 3. The van der Waals surface area contributed by atoms with E-state index in [9.17, 15) is 4.79 Å². The van der Waals surface area contributed by atoms with Gasteiger partial charge in [-0.25, -0.2) is 4.79 Å². The normalized spacial score (nSPS) is 11.9. The monoisotopic (exact) mass is 318 g/mol. The quantitative estimate of drug-likeness (QED) is 0.792. The van der Waals surface area contributed by atoms with E-state index in [0.717, 1.165) is 24.2 Å². The van der Waals surface area contributed by atoms with Gasteiger partial charge in [0.25, 0.3) is 0 Å². The first-order chi connectivity index (χ1) is 9.13. The zero-order valence-electron chi connectivity index (χ0n) is 10.2. The van der Waals surface area contributed by atoms with Crippen molar-refractivity contribution in [1.29, 1.82) is 0 Å². The van der Waals surface area contributed by atoms with Crippen LogP contribution < -0.4 is 10.6 Å². The summed E-state index contributed by atoms with van der Waals surface area (Å²) < 4.78 is 8.18. The van der Waals surface area contributed by atoms with Gasteiger partial charge in [0.1, 0.15) is 11.4 Å². The van der Waals surface area contributed by atoms with E-state index in [4.69, 9.17) is 23.2 Å². The summed E-state index contributed by atoms with van der Waals surface area (Å²) in [6.07, 6.45) is 1.94. The van der Waals surface area contributed by atoms with Crippen LogP contribution in [0, 0.1) is 0 Å². The van der Waals surface area contributed by atoms with Crippen LogP contribution in [0.25, 0.3) is 0 Å². The number of hydrogen-bond donors (Lipinski definition) is 2. The third-order valence-electron chi connectivity index (χ3n) is 2.50. The maximum absolute atomic E-state index is 11.7. The lowest BCUT2D eigenvalue weighted by atomic mass is 10.2. The second-order valence-electron chi connectivity index (χ2n) is 3.91. The molecule has 1 aliphatic rings. The smallest absolute Gasteiger partial charge is 0.319 e. The number of carbonyl (C=O) groups is 1. The Bertz CT molecular complexity index is 585. The van der Waals surface area contributed by atoms with Gasteiger partial charge < -0.3 is 10.6 Å². The molecule has 0 aliphatic carbocycles. The third kappa shape index (κ3) is 3.26. The van der Waals surface area contributed by atoms with Crippen LogP contribution in [-0.4, -0.2) is 12.6 Å². The van der Waals surface area contributed by atoms with E-state index < -0.39 is 0 Å². The van der Waals surface area contributed by atoms with Crippen LogP contribution in [0.4, 0.5) is 21.9 Å². The summed E-state index contributed by atoms with van der Waals surface area (Å²) in [6.45, 7) is 2.67. The molecule has 0 unspecified atom stereocenters. The molecule has 102 valence electrons. The summed E-state index contributed by atoms with van der Waals surface area (Å²) in [7, 11) is 0. The number of rotatable bonds is 4. The highest BCUT2D eigenvalue weighted by Gasteiger charge is 2.19. The number of fused-ring (bicyclic) bond motifs is 1. The van der Waals surface area contributed by atoms with Crippen molar-refractivity contribution >= 4 is 57.6 Å². The molecule has 2 rings (SSSR count). The summed E-state index contributed by atoms with van der Waals surface area (Å²) in [4.78, 5) is 11.7. The Morgan fingerprint density at radius 1 is 1.32 bits per heavy atom. The molecule has 1 aliphatic heterocycles. The van der Waals surface area contributed by atoms with Crippen LogP contribution in [0.15, 0.2) is 14.8 Å². The van der Waals surface area contributed by atoms with Gasteiger partial charge in [0.2, 0.25) is 0 Å². The van der Waals surface area contributed by atoms with Crippen LogP contribution in [0.3, 0.4) is 0 Å². The maximum atomic E-state index is 11.7. The van der Waals surface area contributed by atoms with E-state index in [1.807, 2.05) is 0 Å². The van der Waals surface area contributed by atoms with E-state index in [1.165, 1.54) is 0 Å². The summed E-state index contributed by atoms with van der Waals surface area (Å²) in [5, 5.41) is 6.20. The first-order valence-corrected chi connectivity index (χ1v) is 7.27. The van der Waals surface area contributed by atoms with Gasteiger partial charge in [0, 0.05) is 6.54 Å². The first kappa shape index (κ1) is 14.3. The zero-order valence-corrected chi connectivity index (χ0v) is 12.5.